The Morgan fingerprint density at radius 2 is 1.92 bits per heavy atom. The smallest absolute Gasteiger partial charge is 0.340 e. The third kappa shape index (κ3) is 3.30. The van der Waals surface area contributed by atoms with Crippen molar-refractivity contribution in [2.24, 2.45) is 0 Å². The summed E-state index contributed by atoms with van der Waals surface area (Å²) in [6.45, 7) is 9.38. The highest BCUT2D eigenvalue weighted by Gasteiger charge is 2.20. The van der Waals surface area contributed by atoms with E-state index in [9.17, 15) is 4.79 Å². The molecule has 5 nitrogen and oxygen atoms in total. The lowest BCUT2D eigenvalue weighted by Gasteiger charge is -2.19. The Hall–Kier alpha value is -2.69. The number of carbonyl (C=O) groups is 1. The SMILES string of the molecule is Cc1ccc2oc(-c3ncc(C(=O)OC(C)(C)C)cc3C)nc2c1. The van der Waals surface area contributed by atoms with E-state index in [0.29, 0.717) is 22.7 Å². The lowest BCUT2D eigenvalue weighted by atomic mass is 10.1. The number of hydrogen-bond acceptors (Lipinski definition) is 5. The minimum Gasteiger partial charge on any atom is -0.456 e. The highest BCUT2D eigenvalue weighted by molar-refractivity contribution is 5.90. The first kappa shape index (κ1) is 16.2. The number of aromatic nitrogens is 2. The van der Waals surface area contributed by atoms with Gasteiger partial charge >= 0.3 is 5.97 Å². The van der Waals surface area contributed by atoms with Gasteiger partial charge in [0.25, 0.3) is 0 Å². The zero-order valence-corrected chi connectivity index (χ0v) is 14.5. The average molecular weight is 324 g/mol. The Bertz CT molecular complexity index is 920. The van der Waals surface area contributed by atoms with Crippen molar-refractivity contribution >= 4 is 17.1 Å². The monoisotopic (exact) mass is 324 g/mol. The summed E-state index contributed by atoms with van der Waals surface area (Å²) in [6, 6.07) is 7.58. The Balaban J connectivity index is 1.95. The predicted octanol–water partition coefficient (Wildman–Crippen LogP) is 4.46. The Kier molecular flexibility index (Phi) is 3.87. The van der Waals surface area contributed by atoms with Crippen LogP contribution in [0.5, 0.6) is 0 Å². The molecule has 0 N–H and O–H groups in total. The molecule has 1 aromatic carbocycles. The molecular formula is C19H20N2O3. The molecule has 0 bridgehead atoms. The normalized spacial score (nSPS) is 11.7. The van der Waals surface area contributed by atoms with Crippen LogP contribution in [0.2, 0.25) is 0 Å². The largest absolute Gasteiger partial charge is 0.456 e. The van der Waals surface area contributed by atoms with Crippen molar-refractivity contribution in [1.82, 2.24) is 9.97 Å². The molecule has 0 atom stereocenters. The van der Waals surface area contributed by atoms with Crippen LogP contribution in [0.25, 0.3) is 22.7 Å². The number of nitrogens with zero attached hydrogens (tertiary/aromatic N) is 2. The number of carbonyl (C=O) groups excluding carboxylic acids is 1. The molecule has 124 valence electrons. The Morgan fingerprint density at radius 1 is 1.17 bits per heavy atom. The first-order valence-corrected chi connectivity index (χ1v) is 7.80. The summed E-state index contributed by atoms with van der Waals surface area (Å²) >= 11 is 0. The van der Waals surface area contributed by atoms with Crippen molar-refractivity contribution in [3.05, 3.63) is 47.2 Å². The number of ether oxygens (including phenoxy) is 1. The zero-order valence-electron chi connectivity index (χ0n) is 14.5. The van der Waals surface area contributed by atoms with Crippen LogP contribution in [0, 0.1) is 13.8 Å². The van der Waals surface area contributed by atoms with Gasteiger partial charge in [-0.1, -0.05) is 6.07 Å². The van der Waals surface area contributed by atoms with E-state index in [4.69, 9.17) is 9.15 Å². The summed E-state index contributed by atoms with van der Waals surface area (Å²) in [7, 11) is 0. The van der Waals surface area contributed by atoms with Crippen molar-refractivity contribution in [3.8, 4) is 11.6 Å². The van der Waals surface area contributed by atoms with Crippen LogP contribution in [0.1, 0.15) is 42.3 Å². The first-order valence-electron chi connectivity index (χ1n) is 7.80. The molecule has 24 heavy (non-hydrogen) atoms. The maximum atomic E-state index is 12.1. The molecule has 0 unspecified atom stereocenters. The van der Waals surface area contributed by atoms with Crippen LogP contribution in [0.4, 0.5) is 0 Å². The van der Waals surface area contributed by atoms with Crippen molar-refractivity contribution < 1.29 is 13.9 Å². The van der Waals surface area contributed by atoms with Crippen LogP contribution in [0.3, 0.4) is 0 Å². The number of hydrogen-bond donors (Lipinski definition) is 0. The minimum absolute atomic E-state index is 0.391. The van der Waals surface area contributed by atoms with Gasteiger partial charge in [-0.15, -0.1) is 0 Å². The molecule has 0 amide bonds. The summed E-state index contributed by atoms with van der Waals surface area (Å²) in [5.41, 5.74) is 3.93. The molecule has 0 spiro atoms. The fraction of sp³-hybridized carbons (Fsp3) is 0.316. The van der Waals surface area contributed by atoms with Gasteiger partial charge < -0.3 is 9.15 Å². The lowest BCUT2D eigenvalue weighted by molar-refractivity contribution is 0.00690. The maximum Gasteiger partial charge on any atom is 0.340 e. The van der Waals surface area contributed by atoms with E-state index in [0.717, 1.165) is 16.6 Å². The van der Waals surface area contributed by atoms with Crippen molar-refractivity contribution in [1.29, 1.82) is 0 Å². The summed E-state index contributed by atoms with van der Waals surface area (Å²) in [5.74, 6) is 0.0571. The van der Waals surface area contributed by atoms with Gasteiger partial charge in [-0.25, -0.2) is 14.8 Å². The van der Waals surface area contributed by atoms with E-state index < -0.39 is 11.6 Å². The van der Waals surface area contributed by atoms with E-state index in [-0.39, 0.29) is 0 Å². The summed E-state index contributed by atoms with van der Waals surface area (Å²) in [4.78, 5) is 21.0. The second kappa shape index (κ2) is 5.74. The summed E-state index contributed by atoms with van der Waals surface area (Å²) in [5, 5.41) is 0. The van der Waals surface area contributed by atoms with Crippen molar-refractivity contribution in [3.63, 3.8) is 0 Å². The quantitative estimate of drug-likeness (QED) is 0.651. The average Bonchev–Trinajstić information content (AvgIpc) is 2.87. The maximum absolute atomic E-state index is 12.1. The van der Waals surface area contributed by atoms with Gasteiger partial charge in [0.2, 0.25) is 5.89 Å². The number of benzene rings is 1. The molecule has 0 aliphatic heterocycles. The van der Waals surface area contributed by atoms with E-state index in [2.05, 4.69) is 9.97 Å². The van der Waals surface area contributed by atoms with Crippen LogP contribution in [-0.2, 0) is 4.74 Å². The topological polar surface area (TPSA) is 65.2 Å². The molecule has 0 saturated heterocycles. The molecule has 0 aliphatic carbocycles. The summed E-state index contributed by atoms with van der Waals surface area (Å²) in [6.07, 6.45) is 1.50. The third-order valence-electron chi connectivity index (χ3n) is 3.46. The molecule has 0 aliphatic rings. The van der Waals surface area contributed by atoms with Gasteiger partial charge in [0.15, 0.2) is 5.58 Å². The Morgan fingerprint density at radius 3 is 2.58 bits per heavy atom. The van der Waals surface area contributed by atoms with Crippen molar-refractivity contribution in [2.75, 3.05) is 0 Å². The van der Waals surface area contributed by atoms with E-state index in [1.807, 2.05) is 52.8 Å². The fourth-order valence-electron chi connectivity index (χ4n) is 2.39. The molecule has 5 heteroatoms. The minimum atomic E-state index is -0.540. The molecule has 3 aromatic rings. The van der Waals surface area contributed by atoms with Gasteiger partial charge in [-0.2, -0.15) is 0 Å². The van der Waals surface area contributed by atoms with Crippen LogP contribution in [-0.4, -0.2) is 21.5 Å². The van der Waals surface area contributed by atoms with Crippen LogP contribution >= 0.6 is 0 Å². The van der Waals surface area contributed by atoms with Gasteiger partial charge in [-0.3, -0.25) is 0 Å². The standard InChI is InChI=1S/C19H20N2O3/c1-11-6-7-15-14(8-11)21-17(23-15)16-12(2)9-13(10-20-16)18(22)24-19(3,4)5/h6-10H,1-5H3. The molecule has 0 saturated carbocycles. The number of fused-ring (bicyclic) bond motifs is 1. The zero-order chi connectivity index (χ0) is 17.5. The van der Waals surface area contributed by atoms with Gasteiger partial charge in [0.05, 0.1) is 5.56 Å². The number of esters is 1. The molecule has 3 rings (SSSR count). The van der Waals surface area contributed by atoms with E-state index in [1.54, 1.807) is 6.07 Å². The number of aryl methyl sites for hydroxylation is 2. The molecular weight excluding hydrogens is 304 g/mol. The number of pyridine rings is 1. The number of oxazole rings is 1. The Labute approximate surface area is 140 Å². The molecule has 2 heterocycles. The van der Waals surface area contributed by atoms with Crippen molar-refractivity contribution in [2.45, 2.75) is 40.2 Å². The number of rotatable bonds is 2. The lowest BCUT2D eigenvalue weighted by Crippen LogP contribution is -2.24. The second-order valence-corrected chi connectivity index (χ2v) is 6.88. The van der Waals surface area contributed by atoms with Gasteiger partial charge in [0.1, 0.15) is 16.8 Å². The van der Waals surface area contributed by atoms with E-state index in [1.165, 1.54) is 6.20 Å². The van der Waals surface area contributed by atoms with Gasteiger partial charge in [-0.05, 0) is 63.9 Å². The van der Waals surface area contributed by atoms with Crippen LogP contribution < -0.4 is 0 Å². The highest BCUT2D eigenvalue weighted by Crippen LogP contribution is 2.26. The first-order chi connectivity index (χ1) is 11.2. The fourth-order valence-corrected chi connectivity index (χ4v) is 2.39. The highest BCUT2D eigenvalue weighted by atomic mass is 16.6. The second-order valence-electron chi connectivity index (χ2n) is 6.88. The van der Waals surface area contributed by atoms with E-state index >= 15 is 0 Å². The van der Waals surface area contributed by atoms with Gasteiger partial charge in [0, 0.05) is 6.20 Å². The molecule has 0 radical (unpaired) electrons. The summed E-state index contributed by atoms with van der Waals surface area (Å²) < 4.78 is 11.1. The molecule has 0 fully saturated rings. The predicted molar refractivity (Wildman–Crippen MR) is 91.9 cm³/mol. The van der Waals surface area contributed by atoms with Crippen LogP contribution in [0.15, 0.2) is 34.9 Å². The molecule has 2 aromatic heterocycles. The third-order valence-corrected chi connectivity index (χ3v) is 3.46.